The van der Waals surface area contributed by atoms with Crippen LogP contribution in [-0.4, -0.2) is 5.78 Å². The molecule has 0 heterocycles. The van der Waals surface area contributed by atoms with Crippen LogP contribution in [0, 0.1) is 5.92 Å². The highest BCUT2D eigenvalue weighted by Gasteiger charge is 2.22. The van der Waals surface area contributed by atoms with Gasteiger partial charge in [-0.3, -0.25) is 4.79 Å². The van der Waals surface area contributed by atoms with Gasteiger partial charge in [-0.2, -0.15) is 0 Å². The lowest BCUT2D eigenvalue weighted by Gasteiger charge is -2.07. The number of ketones is 1. The Morgan fingerprint density at radius 1 is 1.16 bits per heavy atom. The molecule has 0 radical (unpaired) electrons. The Balaban J connectivity index is 1.92. The number of unbranched alkanes of at least 4 members (excludes halogenated alkanes) is 4. The van der Waals surface area contributed by atoms with Crippen LogP contribution in [0.3, 0.4) is 0 Å². The number of rotatable bonds is 7. The number of hydrogen-bond acceptors (Lipinski definition) is 1. The number of carbonyl (C=O) groups excluding carboxylic acids is 1. The minimum atomic E-state index is 0.363. The van der Waals surface area contributed by atoms with Crippen LogP contribution in [0.4, 0.5) is 0 Å². The third kappa shape index (κ3) is 3.68. The van der Waals surface area contributed by atoms with Crippen molar-refractivity contribution in [2.45, 2.75) is 65.2 Å². The van der Waals surface area contributed by atoms with Gasteiger partial charge in [0.25, 0.3) is 0 Å². The maximum absolute atomic E-state index is 12.3. The molecule has 0 fully saturated rings. The molecular formula is C18H26O. The molecule has 19 heavy (non-hydrogen) atoms. The van der Waals surface area contributed by atoms with Gasteiger partial charge in [0.15, 0.2) is 5.78 Å². The van der Waals surface area contributed by atoms with E-state index >= 15 is 0 Å². The summed E-state index contributed by atoms with van der Waals surface area (Å²) in [5.74, 6) is 1.07. The predicted molar refractivity (Wildman–Crippen MR) is 80.7 cm³/mol. The van der Waals surface area contributed by atoms with Gasteiger partial charge in [0.2, 0.25) is 0 Å². The first-order chi connectivity index (χ1) is 9.22. The first-order valence-corrected chi connectivity index (χ1v) is 7.86. The normalized spacial score (nSPS) is 17.5. The van der Waals surface area contributed by atoms with Crippen LogP contribution < -0.4 is 0 Å². The average molecular weight is 258 g/mol. The van der Waals surface area contributed by atoms with Crippen molar-refractivity contribution in [2.75, 3.05) is 0 Å². The van der Waals surface area contributed by atoms with Crippen LogP contribution in [0.1, 0.15) is 73.9 Å². The van der Waals surface area contributed by atoms with Gasteiger partial charge in [-0.1, -0.05) is 57.7 Å². The summed E-state index contributed by atoms with van der Waals surface area (Å²) in [5.41, 5.74) is 3.76. The van der Waals surface area contributed by atoms with Crippen molar-refractivity contribution in [1.29, 1.82) is 0 Å². The van der Waals surface area contributed by atoms with Gasteiger partial charge < -0.3 is 0 Å². The summed E-state index contributed by atoms with van der Waals surface area (Å²) in [6.07, 6.45) is 9.05. The van der Waals surface area contributed by atoms with Crippen LogP contribution in [0.5, 0.6) is 0 Å². The van der Waals surface area contributed by atoms with Gasteiger partial charge in [-0.15, -0.1) is 0 Å². The summed E-state index contributed by atoms with van der Waals surface area (Å²) in [4.78, 5) is 12.3. The summed E-state index contributed by atoms with van der Waals surface area (Å²) < 4.78 is 0. The van der Waals surface area contributed by atoms with Crippen LogP contribution >= 0.6 is 0 Å². The highest BCUT2D eigenvalue weighted by atomic mass is 16.1. The van der Waals surface area contributed by atoms with Gasteiger partial charge >= 0.3 is 0 Å². The highest BCUT2D eigenvalue weighted by Crippen LogP contribution is 2.30. The summed E-state index contributed by atoms with van der Waals surface area (Å²) in [7, 11) is 0. The van der Waals surface area contributed by atoms with E-state index in [9.17, 15) is 4.79 Å². The Bertz CT molecular complexity index is 433. The van der Waals surface area contributed by atoms with Crippen molar-refractivity contribution in [3.8, 4) is 0 Å². The minimum absolute atomic E-state index is 0.363. The Hall–Kier alpha value is -1.11. The Morgan fingerprint density at radius 2 is 1.95 bits per heavy atom. The van der Waals surface area contributed by atoms with Crippen molar-refractivity contribution in [2.24, 2.45) is 5.92 Å². The quantitative estimate of drug-likeness (QED) is 0.499. The fourth-order valence-corrected chi connectivity index (χ4v) is 3.15. The topological polar surface area (TPSA) is 17.1 Å². The van der Waals surface area contributed by atoms with Gasteiger partial charge in [0.05, 0.1) is 0 Å². The van der Waals surface area contributed by atoms with Gasteiger partial charge in [-0.25, -0.2) is 0 Å². The molecule has 1 aliphatic carbocycles. The maximum Gasteiger partial charge on any atom is 0.163 e. The molecule has 0 saturated heterocycles. The first kappa shape index (κ1) is 14.3. The minimum Gasteiger partial charge on any atom is -0.294 e. The number of Topliss-reactive ketones (excluding diaryl/α,β-unsaturated/α-hetero) is 1. The van der Waals surface area contributed by atoms with Crippen molar-refractivity contribution in [3.63, 3.8) is 0 Å². The van der Waals surface area contributed by atoms with E-state index in [4.69, 9.17) is 0 Å². The summed E-state index contributed by atoms with van der Waals surface area (Å²) in [6.45, 7) is 4.50. The van der Waals surface area contributed by atoms with Crippen molar-refractivity contribution in [3.05, 3.63) is 34.9 Å². The van der Waals surface area contributed by atoms with E-state index in [1.54, 1.807) is 0 Å². The lowest BCUT2D eigenvalue weighted by atomic mass is 9.96. The number of carbonyl (C=O) groups is 1. The lowest BCUT2D eigenvalue weighted by molar-refractivity contribution is 0.0978. The van der Waals surface area contributed by atoms with Gasteiger partial charge in [0, 0.05) is 12.0 Å². The number of hydrogen-bond donors (Lipinski definition) is 0. The van der Waals surface area contributed by atoms with E-state index < -0.39 is 0 Å². The molecule has 2 rings (SSSR count). The Labute approximate surface area is 117 Å². The molecule has 0 N–H and O–H groups in total. The van der Waals surface area contributed by atoms with Crippen molar-refractivity contribution in [1.82, 2.24) is 0 Å². The van der Waals surface area contributed by atoms with Crippen molar-refractivity contribution >= 4 is 5.78 Å². The summed E-state index contributed by atoms with van der Waals surface area (Å²) in [5, 5.41) is 0. The molecule has 1 aliphatic rings. The molecule has 1 unspecified atom stereocenters. The van der Waals surface area contributed by atoms with Crippen LogP contribution in [0.25, 0.3) is 0 Å². The molecule has 1 aromatic rings. The molecule has 104 valence electrons. The fourth-order valence-electron chi connectivity index (χ4n) is 3.15. The van der Waals surface area contributed by atoms with Crippen molar-refractivity contribution < 1.29 is 4.79 Å². The molecule has 0 saturated carbocycles. The maximum atomic E-state index is 12.3. The first-order valence-electron chi connectivity index (χ1n) is 7.86. The highest BCUT2D eigenvalue weighted by molar-refractivity contribution is 5.97. The molecule has 1 heteroatoms. The molecule has 0 amide bonds. The SMILES string of the molecule is CCCCCCCC(=O)c1cccc2c1CC(C)C2. The van der Waals surface area contributed by atoms with E-state index in [2.05, 4.69) is 26.0 Å². The molecule has 0 bridgehead atoms. The van der Waals surface area contributed by atoms with Gasteiger partial charge in [-0.05, 0) is 36.3 Å². The second-order valence-corrected chi connectivity index (χ2v) is 6.04. The van der Waals surface area contributed by atoms with E-state index in [0.717, 1.165) is 31.2 Å². The second kappa shape index (κ2) is 6.88. The molecule has 0 spiro atoms. The Kier molecular flexibility index (Phi) is 5.18. The van der Waals surface area contributed by atoms with Crippen LogP contribution in [-0.2, 0) is 12.8 Å². The fraction of sp³-hybridized carbons (Fsp3) is 0.611. The number of fused-ring (bicyclic) bond motifs is 1. The van der Waals surface area contributed by atoms with Crippen LogP contribution in [0.2, 0.25) is 0 Å². The molecule has 1 nitrogen and oxygen atoms in total. The summed E-state index contributed by atoms with van der Waals surface area (Å²) >= 11 is 0. The van der Waals surface area contributed by atoms with E-state index in [1.807, 2.05) is 6.07 Å². The number of benzene rings is 1. The zero-order chi connectivity index (χ0) is 13.7. The monoisotopic (exact) mass is 258 g/mol. The predicted octanol–water partition coefficient (Wildman–Crippen LogP) is 4.96. The standard InChI is InChI=1S/C18H26O/c1-3-4-5-6-7-11-18(19)16-10-8-9-15-12-14(2)13-17(15)16/h8-10,14H,3-7,11-13H2,1-2H3. The largest absolute Gasteiger partial charge is 0.294 e. The molecular weight excluding hydrogens is 232 g/mol. The van der Waals surface area contributed by atoms with E-state index in [-0.39, 0.29) is 0 Å². The molecule has 1 atom stereocenters. The zero-order valence-corrected chi connectivity index (χ0v) is 12.4. The third-order valence-corrected chi connectivity index (χ3v) is 4.20. The van der Waals surface area contributed by atoms with Gasteiger partial charge in [0.1, 0.15) is 0 Å². The summed E-state index contributed by atoms with van der Waals surface area (Å²) in [6, 6.07) is 6.28. The van der Waals surface area contributed by atoms with Crippen LogP contribution in [0.15, 0.2) is 18.2 Å². The molecule has 1 aromatic carbocycles. The van der Waals surface area contributed by atoms with E-state index in [1.165, 1.54) is 36.8 Å². The third-order valence-electron chi connectivity index (χ3n) is 4.20. The average Bonchev–Trinajstić information content (AvgIpc) is 2.78. The zero-order valence-electron chi connectivity index (χ0n) is 12.4. The lowest BCUT2D eigenvalue weighted by Crippen LogP contribution is -2.04. The smallest absolute Gasteiger partial charge is 0.163 e. The Morgan fingerprint density at radius 3 is 2.74 bits per heavy atom. The van der Waals surface area contributed by atoms with E-state index in [0.29, 0.717) is 11.7 Å². The second-order valence-electron chi connectivity index (χ2n) is 6.04. The molecule has 0 aromatic heterocycles. The molecule has 0 aliphatic heterocycles.